The second-order valence-electron chi connectivity index (χ2n) is 10.4. The molecule has 7 rings (SSSR count). The number of carbonyl (C=O) groups excluding carboxylic acids is 1. The Labute approximate surface area is 237 Å². The number of carbonyl (C=O) groups is 1. The molecule has 210 valence electrons. The molecule has 0 radical (unpaired) electrons. The van der Waals surface area contributed by atoms with Crippen molar-refractivity contribution in [2.45, 2.75) is 12.5 Å². The highest BCUT2D eigenvalue weighted by molar-refractivity contribution is 5.98. The van der Waals surface area contributed by atoms with Crippen LogP contribution in [0.2, 0.25) is 0 Å². The van der Waals surface area contributed by atoms with Crippen molar-refractivity contribution in [3.63, 3.8) is 0 Å². The van der Waals surface area contributed by atoms with Gasteiger partial charge >= 0.3 is 0 Å². The van der Waals surface area contributed by atoms with Crippen molar-refractivity contribution in [3.05, 3.63) is 83.2 Å². The predicted molar refractivity (Wildman–Crippen MR) is 151 cm³/mol. The maximum absolute atomic E-state index is 13.9. The van der Waals surface area contributed by atoms with Crippen LogP contribution in [0.25, 0.3) is 5.69 Å². The summed E-state index contributed by atoms with van der Waals surface area (Å²) in [5.74, 6) is 2.47. The number of rotatable bonds is 5. The van der Waals surface area contributed by atoms with Crippen LogP contribution >= 0.6 is 0 Å². The lowest BCUT2D eigenvalue weighted by Gasteiger charge is -2.36. The number of benzene rings is 3. The van der Waals surface area contributed by atoms with Gasteiger partial charge in [0.15, 0.2) is 17.3 Å². The van der Waals surface area contributed by atoms with Gasteiger partial charge in [0.2, 0.25) is 12.5 Å². The molecule has 1 aromatic heterocycles. The van der Waals surface area contributed by atoms with Gasteiger partial charge in [-0.05, 0) is 59.8 Å². The van der Waals surface area contributed by atoms with E-state index in [1.54, 1.807) is 11.8 Å². The molecule has 0 unspecified atom stereocenters. The van der Waals surface area contributed by atoms with Gasteiger partial charge < -0.3 is 24.0 Å². The standard InChI is InChI=1S/C30H31N7O4/c1-34-13-12-20-18-24-27(41-19-40-24)28(39-2)25(20)26(34)29-31-32-33-37(29)23-11-7-6-10-22(23)30(38)36-16-14-35(15-17-36)21-8-4-3-5-9-21/h3-11,18,26H,12-17,19H2,1-2H3/t26-/m0/s1. The highest BCUT2D eigenvalue weighted by Gasteiger charge is 2.38. The summed E-state index contributed by atoms with van der Waals surface area (Å²) < 4.78 is 19.0. The Bertz CT molecular complexity index is 1580. The summed E-state index contributed by atoms with van der Waals surface area (Å²) in [6.07, 6.45) is 0.820. The number of likely N-dealkylation sites (N-methyl/N-ethyl adjacent to an activating group) is 1. The maximum atomic E-state index is 13.9. The molecule has 11 nitrogen and oxygen atoms in total. The van der Waals surface area contributed by atoms with Crippen LogP contribution in [-0.4, -0.2) is 89.6 Å². The fourth-order valence-electron chi connectivity index (χ4n) is 6.11. The first kappa shape index (κ1) is 25.3. The molecule has 0 aliphatic carbocycles. The molecule has 0 saturated carbocycles. The molecular weight excluding hydrogens is 522 g/mol. The molecule has 3 aliphatic heterocycles. The van der Waals surface area contributed by atoms with Crippen molar-refractivity contribution in [1.82, 2.24) is 30.0 Å². The third-order valence-electron chi connectivity index (χ3n) is 8.18. The fraction of sp³-hybridized carbons (Fsp3) is 0.333. The second-order valence-corrected chi connectivity index (χ2v) is 10.4. The van der Waals surface area contributed by atoms with Crippen molar-refractivity contribution >= 4 is 11.6 Å². The van der Waals surface area contributed by atoms with E-state index in [4.69, 9.17) is 14.2 Å². The van der Waals surface area contributed by atoms with Gasteiger partial charge in [-0.15, -0.1) is 5.10 Å². The van der Waals surface area contributed by atoms with Gasteiger partial charge in [-0.1, -0.05) is 30.3 Å². The number of tetrazole rings is 1. The van der Waals surface area contributed by atoms with E-state index in [-0.39, 0.29) is 18.7 Å². The van der Waals surface area contributed by atoms with Crippen LogP contribution in [0.4, 0.5) is 5.69 Å². The summed E-state index contributed by atoms with van der Waals surface area (Å²) in [7, 11) is 3.68. The van der Waals surface area contributed by atoms with Crippen LogP contribution < -0.4 is 19.1 Å². The van der Waals surface area contributed by atoms with E-state index in [9.17, 15) is 4.79 Å². The Morgan fingerprint density at radius 2 is 1.76 bits per heavy atom. The van der Waals surface area contributed by atoms with Gasteiger partial charge in [-0.25, -0.2) is 0 Å². The Hall–Kier alpha value is -4.64. The zero-order valence-corrected chi connectivity index (χ0v) is 23.1. The third-order valence-corrected chi connectivity index (χ3v) is 8.18. The van der Waals surface area contributed by atoms with Crippen LogP contribution in [0.5, 0.6) is 17.2 Å². The second kappa shape index (κ2) is 10.4. The van der Waals surface area contributed by atoms with Crippen molar-refractivity contribution in [3.8, 4) is 22.9 Å². The molecule has 1 saturated heterocycles. The highest BCUT2D eigenvalue weighted by atomic mass is 16.7. The van der Waals surface area contributed by atoms with Gasteiger partial charge in [0.05, 0.1) is 18.4 Å². The van der Waals surface area contributed by atoms with E-state index in [1.807, 2.05) is 60.5 Å². The molecule has 3 aliphatic rings. The first-order chi connectivity index (χ1) is 20.1. The number of anilines is 1. The molecule has 3 aromatic carbocycles. The molecule has 0 N–H and O–H groups in total. The number of fused-ring (bicyclic) bond motifs is 2. The summed E-state index contributed by atoms with van der Waals surface area (Å²) in [4.78, 5) is 20.3. The Morgan fingerprint density at radius 3 is 2.56 bits per heavy atom. The van der Waals surface area contributed by atoms with E-state index in [0.717, 1.165) is 37.2 Å². The number of hydrogen-bond donors (Lipinski definition) is 0. The van der Waals surface area contributed by atoms with Gasteiger partial charge in [-0.3, -0.25) is 9.69 Å². The van der Waals surface area contributed by atoms with E-state index in [0.29, 0.717) is 47.4 Å². The number of para-hydroxylation sites is 2. The maximum Gasteiger partial charge on any atom is 0.256 e. The molecule has 4 heterocycles. The number of aromatic nitrogens is 4. The molecular formula is C30H31N7O4. The number of piperazine rings is 1. The van der Waals surface area contributed by atoms with Crippen molar-refractivity contribution in [2.24, 2.45) is 0 Å². The highest BCUT2D eigenvalue weighted by Crippen LogP contribution is 2.50. The summed E-state index contributed by atoms with van der Waals surface area (Å²) in [5, 5.41) is 13.0. The third kappa shape index (κ3) is 4.33. The normalized spacial score (nSPS) is 18.3. The summed E-state index contributed by atoms with van der Waals surface area (Å²) in [6.45, 7) is 3.75. The van der Waals surface area contributed by atoms with Gasteiger partial charge in [-0.2, -0.15) is 4.68 Å². The Kier molecular flexibility index (Phi) is 6.43. The number of ether oxygens (including phenoxy) is 3. The summed E-state index contributed by atoms with van der Waals surface area (Å²) >= 11 is 0. The topological polar surface area (TPSA) is 98.1 Å². The SMILES string of the molecule is COc1c2c(cc3c1[C@@H](c1nnnn1-c1ccccc1C(=O)N1CCN(c4ccccc4)CC1)N(C)CC3)OCO2. The first-order valence-electron chi connectivity index (χ1n) is 13.8. The monoisotopic (exact) mass is 553 g/mol. The average molecular weight is 554 g/mol. The first-order valence-corrected chi connectivity index (χ1v) is 13.8. The lowest BCUT2D eigenvalue weighted by molar-refractivity contribution is 0.0746. The molecule has 1 amide bonds. The minimum Gasteiger partial charge on any atom is -0.492 e. The number of amides is 1. The fourth-order valence-corrected chi connectivity index (χ4v) is 6.11. The van der Waals surface area contributed by atoms with E-state index in [1.165, 1.54) is 5.69 Å². The Morgan fingerprint density at radius 1 is 0.976 bits per heavy atom. The van der Waals surface area contributed by atoms with Crippen molar-refractivity contribution in [1.29, 1.82) is 0 Å². The smallest absolute Gasteiger partial charge is 0.256 e. The summed E-state index contributed by atoms with van der Waals surface area (Å²) in [6, 6.07) is 19.5. The predicted octanol–water partition coefficient (Wildman–Crippen LogP) is 2.94. The zero-order chi connectivity index (χ0) is 27.9. The van der Waals surface area contributed by atoms with E-state index < -0.39 is 0 Å². The number of methoxy groups -OCH3 is 1. The van der Waals surface area contributed by atoms with Gasteiger partial charge in [0, 0.05) is 44.0 Å². The quantitative estimate of drug-likeness (QED) is 0.370. The molecule has 1 fully saturated rings. The van der Waals surface area contributed by atoms with E-state index in [2.05, 4.69) is 37.5 Å². The minimum atomic E-state index is -0.323. The molecule has 0 bridgehead atoms. The summed E-state index contributed by atoms with van der Waals surface area (Å²) in [5.41, 5.74) is 4.42. The molecule has 41 heavy (non-hydrogen) atoms. The van der Waals surface area contributed by atoms with Gasteiger partial charge in [0.25, 0.3) is 5.91 Å². The average Bonchev–Trinajstić information content (AvgIpc) is 3.70. The van der Waals surface area contributed by atoms with Crippen molar-refractivity contribution < 1.29 is 19.0 Å². The number of hydrogen-bond acceptors (Lipinski definition) is 9. The van der Waals surface area contributed by atoms with Crippen LogP contribution in [-0.2, 0) is 6.42 Å². The van der Waals surface area contributed by atoms with Crippen LogP contribution in [0, 0.1) is 0 Å². The van der Waals surface area contributed by atoms with Gasteiger partial charge in [0.1, 0.15) is 6.04 Å². The van der Waals surface area contributed by atoms with Crippen LogP contribution in [0.1, 0.15) is 33.4 Å². The number of nitrogens with zero attached hydrogens (tertiary/aromatic N) is 7. The van der Waals surface area contributed by atoms with E-state index >= 15 is 0 Å². The lowest BCUT2D eigenvalue weighted by Crippen LogP contribution is -2.49. The molecule has 0 spiro atoms. The molecule has 4 aromatic rings. The minimum absolute atomic E-state index is 0.0342. The van der Waals surface area contributed by atoms with Crippen LogP contribution in [0.15, 0.2) is 60.7 Å². The lowest BCUT2D eigenvalue weighted by atomic mass is 9.90. The van der Waals surface area contributed by atoms with Crippen LogP contribution in [0.3, 0.4) is 0 Å². The van der Waals surface area contributed by atoms with Crippen molar-refractivity contribution in [2.75, 3.05) is 58.6 Å². The Balaban J connectivity index is 1.22. The largest absolute Gasteiger partial charge is 0.492 e. The molecule has 11 heteroatoms. The molecule has 1 atom stereocenters. The zero-order valence-electron chi connectivity index (χ0n) is 23.1.